The van der Waals surface area contributed by atoms with Gasteiger partial charge < -0.3 is 10.1 Å². The third-order valence-corrected chi connectivity index (χ3v) is 3.51. The van der Waals surface area contributed by atoms with Gasteiger partial charge in [0.25, 0.3) is 0 Å². The molecule has 4 heteroatoms. The molecule has 94 valence electrons. The highest BCUT2D eigenvalue weighted by Crippen LogP contribution is 2.44. The van der Waals surface area contributed by atoms with Gasteiger partial charge in [-0.1, -0.05) is 36.2 Å². The zero-order chi connectivity index (χ0) is 12.3. The molecule has 0 bridgehead atoms. The fourth-order valence-corrected chi connectivity index (χ4v) is 2.22. The van der Waals surface area contributed by atoms with Crippen LogP contribution in [0.1, 0.15) is 26.2 Å². The molecular weight excluding hydrogens is 257 g/mol. The first-order chi connectivity index (χ1) is 8.17. The highest BCUT2D eigenvalue weighted by atomic mass is 35.5. The maximum atomic E-state index is 6.09. The Morgan fingerprint density at radius 3 is 2.47 bits per heavy atom. The molecule has 0 heterocycles. The Morgan fingerprint density at radius 2 is 1.94 bits per heavy atom. The molecule has 2 nitrogen and oxygen atoms in total. The number of halogens is 2. The van der Waals surface area contributed by atoms with Crippen LogP contribution < -0.4 is 10.1 Å². The Bertz CT molecular complexity index is 371. The number of benzene rings is 1. The van der Waals surface area contributed by atoms with Crippen LogP contribution in [0.5, 0.6) is 5.75 Å². The summed E-state index contributed by atoms with van der Waals surface area (Å²) in [6.45, 7) is 4.03. The normalized spacial score (nSPS) is 16.9. The van der Waals surface area contributed by atoms with Crippen molar-refractivity contribution in [1.82, 2.24) is 5.32 Å². The van der Waals surface area contributed by atoms with E-state index in [1.54, 1.807) is 12.1 Å². The highest BCUT2D eigenvalue weighted by Gasteiger charge is 2.45. The molecule has 0 amide bonds. The van der Waals surface area contributed by atoms with Crippen LogP contribution in [0.15, 0.2) is 18.2 Å². The summed E-state index contributed by atoms with van der Waals surface area (Å²) in [7, 11) is 0. The molecule has 1 aromatic carbocycles. The summed E-state index contributed by atoms with van der Waals surface area (Å²) < 4.78 is 5.99. The van der Waals surface area contributed by atoms with Gasteiger partial charge in [-0.3, -0.25) is 0 Å². The molecule has 1 saturated carbocycles. The maximum absolute atomic E-state index is 6.09. The van der Waals surface area contributed by atoms with E-state index in [0.29, 0.717) is 15.8 Å². The van der Waals surface area contributed by atoms with Gasteiger partial charge in [-0.15, -0.1) is 0 Å². The lowest BCUT2D eigenvalue weighted by molar-refractivity contribution is 0.176. The largest absolute Gasteiger partial charge is 0.483 e. The summed E-state index contributed by atoms with van der Waals surface area (Å²) in [5.41, 5.74) is -0.0934. The van der Waals surface area contributed by atoms with Crippen molar-refractivity contribution in [2.45, 2.75) is 31.8 Å². The smallest absolute Gasteiger partial charge is 0.157 e. The second-order valence-electron chi connectivity index (χ2n) is 4.51. The van der Waals surface area contributed by atoms with Gasteiger partial charge in [-0.2, -0.15) is 0 Å². The molecule has 0 unspecified atom stereocenters. The van der Waals surface area contributed by atoms with Crippen LogP contribution in [-0.4, -0.2) is 18.7 Å². The van der Waals surface area contributed by atoms with Crippen molar-refractivity contribution in [3.05, 3.63) is 28.2 Å². The van der Waals surface area contributed by atoms with Crippen LogP contribution in [0.4, 0.5) is 0 Å². The van der Waals surface area contributed by atoms with Crippen LogP contribution in [-0.2, 0) is 0 Å². The fourth-order valence-electron chi connectivity index (χ4n) is 1.74. The third kappa shape index (κ3) is 3.27. The van der Waals surface area contributed by atoms with Crippen molar-refractivity contribution in [2.75, 3.05) is 13.1 Å². The first kappa shape index (κ1) is 13.0. The predicted molar refractivity (Wildman–Crippen MR) is 72.2 cm³/mol. The van der Waals surface area contributed by atoms with E-state index in [2.05, 4.69) is 12.2 Å². The molecule has 0 aromatic heterocycles. The maximum Gasteiger partial charge on any atom is 0.157 e. The number of para-hydroxylation sites is 1. The second kappa shape index (κ2) is 5.47. The first-order valence-corrected chi connectivity index (χ1v) is 6.76. The SMILES string of the molecule is CCCNCC1(Oc2c(Cl)cccc2Cl)CC1. The minimum atomic E-state index is -0.0934. The number of ether oxygens (including phenoxy) is 1. The molecule has 2 rings (SSSR count). The lowest BCUT2D eigenvalue weighted by Gasteiger charge is -2.20. The molecule has 0 saturated heterocycles. The average molecular weight is 274 g/mol. The summed E-state index contributed by atoms with van der Waals surface area (Å²) in [6, 6.07) is 5.43. The Labute approximate surface area is 112 Å². The van der Waals surface area contributed by atoms with Gasteiger partial charge in [0.1, 0.15) is 5.60 Å². The lowest BCUT2D eigenvalue weighted by atomic mass is 10.3. The van der Waals surface area contributed by atoms with Crippen molar-refractivity contribution >= 4 is 23.2 Å². The van der Waals surface area contributed by atoms with Crippen molar-refractivity contribution in [3.63, 3.8) is 0 Å². The van der Waals surface area contributed by atoms with E-state index < -0.39 is 0 Å². The number of nitrogens with one attached hydrogen (secondary N) is 1. The van der Waals surface area contributed by atoms with Gasteiger partial charge in [0.15, 0.2) is 5.75 Å². The minimum absolute atomic E-state index is 0.0934. The van der Waals surface area contributed by atoms with Crippen LogP contribution >= 0.6 is 23.2 Å². The monoisotopic (exact) mass is 273 g/mol. The van der Waals surface area contributed by atoms with Gasteiger partial charge in [0.05, 0.1) is 10.0 Å². The lowest BCUT2D eigenvalue weighted by Crippen LogP contribution is -2.33. The standard InChI is InChI=1S/C13H17Cl2NO/c1-2-8-16-9-13(6-7-13)17-12-10(14)4-3-5-11(12)15/h3-5,16H,2,6-9H2,1H3. The van der Waals surface area contributed by atoms with Gasteiger partial charge in [-0.25, -0.2) is 0 Å². The zero-order valence-corrected chi connectivity index (χ0v) is 11.4. The van der Waals surface area contributed by atoms with Crippen molar-refractivity contribution in [1.29, 1.82) is 0 Å². The van der Waals surface area contributed by atoms with Crippen molar-refractivity contribution in [3.8, 4) is 5.75 Å². The molecule has 1 aromatic rings. The van der Waals surface area contributed by atoms with Gasteiger partial charge in [-0.05, 0) is 37.9 Å². The fraction of sp³-hybridized carbons (Fsp3) is 0.538. The van der Waals surface area contributed by atoms with Crippen LogP contribution in [0.3, 0.4) is 0 Å². The Balaban J connectivity index is 2.00. The molecule has 1 fully saturated rings. The summed E-state index contributed by atoms with van der Waals surface area (Å²) >= 11 is 12.2. The van der Waals surface area contributed by atoms with Crippen LogP contribution in [0.2, 0.25) is 10.0 Å². The Hall–Kier alpha value is -0.440. The molecule has 0 aliphatic heterocycles. The van der Waals surface area contributed by atoms with Crippen LogP contribution in [0, 0.1) is 0 Å². The van der Waals surface area contributed by atoms with E-state index in [9.17, 15) is 0 Å². The Kier molecular flexibility index (Phi) is 4.18. The molecule has 1 N–H and O–H groups in total. The minimum Gasteiger partial charge on any atom is -0.483 e. The van der Waals surface area contributed by atoms with E-state index in [1.165, 1.54) is 0 Å². The summed E-state index contributed by atoms with van der Waals surface area (Å²) in [6.07, 6.45) is 3.25. The van der Waals surface area contributed by atoms with Gasteiger partial charge >= 0.3 is 0 Å². The molecule has 0 spiro atoms. The van der Waals surface area contributed by atoms with E-state index >= 15 is 0 Å². The van der Waals surface area contributed by atoms with E-state index in [0.717, 1.165) is 32.4 Å². The summed E-state index contributed by atoms with van der Waals surface area (Å²) in [5.74, 6) is 0.617. The first-order valence-electron chi connectivity index (χ1n) is 6.01. The Morgan fingerprint density at radius 1 is 1.29 bits per heavy atom. The molecule has 1 aliphatic rings. The molecule has 17 heavy (non-hydrogen) atoms. The molecule has 0 atom stereocenters. The number of hydrogen-bond acceptors (Lipinski definition) is 2. The number of rotatable bonds is 6. The summed E-state index contributed by atoms with van der Waals surface area (Å²) in [5, 5.41) is 4.55. The quantitative estimate of drug-likeness (QED) is 0.794. The van der Waals surface area contributed by atoms with E-state index in [-0.39, 0.29) is 5.60 Å². The predicted octanol–water partition coefficient (Wildman–Crippen LogP) is 3.90. The van der Waals surface area contributed by atoms with E-state index in [4.69, 9.17) is 27.9 Å². The van der Waals surface area contributed by atoms with Crippen molar-refractivity contribution < 1.29 is 4.74 Å². The number of hydrogen-bond donors (Lipinski definition) is 1. The molecule has 1 aliphatic carbocycles. The molecular formula is C13H17Cl2NO. The zero-order valence-electron chi connectivity index (χ0n) is 9.93. The summed E-state index contributed by atoms with van der Waals surface area (Å²) in [4.78, 5) is 0. The van der Waals surface area contributed by atoms with Crippen molar-refractivity contribution in [2.24, 2.45) is 0 Å². The second-order valence-corrected chi connectivity index (χ2v) is 5.33. The van der Waals surface area contributed by atoms with Crippen LogP contribution in [0.25, 0.3) is 0 Å². The molecule has 0 radical (unpaired) electrons. The topological polar surface area (TPSA) is 21.3 Å². The average Bonchev–Trinajstić information content (AvgIpc) is 3.05. The van der Waals surface area contributed by atoms with E-state index in [1.807, 2.05) is 6.07 Å². The highest BCUT2D eigenvalue weighted by molar-refractivity contribution is 6.37. The third-order valence-electron chi connectivity index (χ3n) is 2.92. The van der Waals surface area contributed by atoms with Gasteiger partial charge in [0, 0.05) is 6.54 Å². The van der Waals surface area contributed by atoms with Gasteiger partial charge in [0.2, 0.25) is 0 Å².